The summed E-state index contributed by atoms with van der Waals surface area (Å²) < 4.78 is 9.54. The van der Waals surface area contributed by atoms with Crippen molar-refractivity contribution in [2.75, 3.05) is 4.90 Å². The molecule has 0 atom stereocenters. The van der Waals surface area contributed by atoms with Gasteiger partial charge in [0.05, 0.1) is 11.1 Å². The number of fused-ring (bicyclic) bond motifs is 10. The van der Waals surface area contributed by atoms with E-state index in [9.17, 15) is 0 Å². The minimum Gasteiger partial charge on any atom is -0.455 e. The highest BCUT2D eigenvalue weighted by Gasteiger charge is 2.23. The lowest BCUT2D eigenvalue weighted by Crippen LogP contribution is -2.10. The highest BCUT2D eigenvalue weighted by atomic mass is 32.1. The first-order valence-electron chi connectivity index (χ1n) is 21.5. The fourth-order valence-electron chi connectivity index (χ4n) is 9.85. The topological polar surface area (TPSA) is 16.4 Å². The zero-order valence-corrected chi connectivity index (χ0v) is 34.9. The van der Waals surface area contributed by atoms with Crippen molar-refractivity contribution in [1.29, 1.82) is 0 Å². The minimum absolute atomic E-state index is 0.869. The van der Waals surface area contributed by atoms with Crippen LogP contribution in [-0.2, 0) is 0 Å². The Kier molecular flexibility index (Phi) is 8.12. The average Bonchev–Trinajstić information content (AvgIpc) is 3.93. The van der Waals surface area contributed by atoms with E-state index in [2.05, 4.69) is 229 Å². The molecule has 0 radical (unpaired) electrons. The molecule has 0 bridgehead atoms. The zero-order valence-electron chi connectivity index (χ0n) is 34.1. The standard InChI is InChI=1S/C60H37NOS/c1-2-12-40(13-3-1)48-20-11-22-52-50-33-29-43(36-57(50)63-60(48)52)38-26-30-44(31-27-38)61(45-32-28-42-25-24-41-15-5-7-18-47(41)54(42)37-45)55-35-34-51(49-21-10-16-39-14-4-6-17-46(39)49)59-58(55)53-19-8-9-23-56(53)62-59/h1-37H. The summed E-state index contributed by atoms with van der Waals surface area (Å²) in [6.45, 7) is 0. The van der Waals surface area contributed by atoms with Gasteiger partial charge in [0.2, 0.25) is 0 Å². The Hall–Kier alpha value is -7.98. The number of hydrogen-bond donors (Lipinski definition) is 0. The van der Waals surface area contributed by atoms with Crippen LogP contribution in [0.5, 0.6) is 0 Å². The number of furan rings is 1. The third-order valence-corrected chi connectivity index (χ3v) is 14.1. The number of rotatable bonds is 6. The van der Waals surface area contributed by atoms with Crippen molar-refractivity contribution >= 4 is 103 Å². The van der Waals surface area contributed by atoms with Gasteiger partial charge in [0.25, 0.3) is 0 Å². The van der Waals surface area contributed by atoms with Gasteiger partial charge < -0.3 is 9.32 Å². The van der Waals surface area contributed by atoms with E-state index >= 15 is 0 Å². The van der Waals surface area contributed by atoms with Crippen molar-refractivity contribution in [1.82, 2.24) is 0 Å². The Labute approximate surface area is 368 Å². The first kappa shape index (κ1) is 35.7. The molecule has 294 valence electrons. The molecule has 2 heterocycles. The van der Waals surface area contributed by atoms with E-state index in [1.54, 1.807) is 0 Å². The Bertz CT molecular complexity index is 3910. The van der Waals surface area contributed by atoms with Gasteiger partial charge in [0.15, 0.2) is 0 Å². The largest absolute Gasteiger partial charge is 0.455 e. The van der Waals surface area contributed by atoms with Crippen molar-refractivity contribution in [3.63, 3.8) is 0 Å². The highest BCUT2D eigenvalue weighted by molar-refractivity contribution is 7.26. The first-order chi connectivity index (χ1) is 31.2. The fourth-order valence-corrected chi connectivity index (χ4v) is 11.1. The number of thiophene rings is 1. The number of anilines is 3. The summed E-state index contributed by atoms with van der Waals surface area (Å²) in [5, 5.41) is 12.1. The molecule has 11 aromatic carbocycles. The van der Waals surface area contributed by atoms with E-state index in [1.165, 1.54) is 74.7 Å². The zero-order chi connectivity index (χ0) is 41.4. The predicted octanol–water partition coefficient (Wildman–Crippen LogP) is 17.9. The predicted molar refractivity (Wildman–Crippen MR) is 270 cm³/mol. The van der Waals surface area contributed by atoms with E-state index in [0.717, 1.165) is 50.1 Å². The van der Waals surface area contributed by atoms with Crippen LogP contribution < -0.4 is 4.90 Å². The lowest BCUT2D eigenvalue weighted by Gasteiger charge is -2.27. The van der Waals surface area contributed by atoms with Crippen LogP contribution in [0.4, 0.5) is 17.1 Å². The average molecular weight is 820 g/mol. The Balaban J connectivity index is 0.999. The second kappa shape index (κ2) is 14.3. The Morgan fingerprint density at radius 1 is 0.349 bits per heavy atom. The third kappa shape index (κ3) is 5.78. The van der Waals surface area contributed by atoms with Crippen molar-refractivity contribution in [2.45, 2.75) is 0 Å². The van der Waals surface area contributed by atoms with E-state index in [-0.39, 0.29) is 0 Å². The molecule has 0 spiro atoms. The fraction of sp³-hybridized carbons (Fsp3) is 0. The molecule has 0 aliphatic carbocycles. The molecule has 0 unspecified atom stereocenters. The van der Waals surface area contributed by atoms with Crippen LogP contribution in [-0.4, -0.2) is 0 Å². The lowest BCUT2D eigenvalue weighted by atomic mass is 9.95. The molecule has 13 aromatic rings. The summed E-state index contributed by atoms with van der Waals surface area (Å²) in [4.78, 5) is 2.42. The maximum absolute atomic E-state index is 6.92. The third-order valence-electron chi connectivity index (χ3n) is 12.9. The summed E-state index contributed by atoms with van der Waals surface area (Å²) in [5.41, 5.74) is 12.1. The summed E-state index contributed by atoms with van der Waals surface area (Å²) in [5.74, 6) is 0. The van der Waals surface area contributed by atoms with E-state index in [4.69, 9.17) is 4.42 Å². The molecule has 2 nitrogen and oxygen atoms in total. The maximum Gasteiger partial charge on any atom is 0.145 e. The number of para-hydroxylation sites is 1. The summed E-state index contributed by atoms with van der Waals surface area (Å²) in [7, 11) is 0. The molecule has 0 fully saturated rings. The van der Waals surface area contributed by atoms with Crippen LogP contribution in [0, 0.1) is 0 Å². The van der Waals surface area contributed by atoms with Gasteiger partial charge in [0.1, 0.15) is 11.2 Å². The molecule has 0 N–H and O–H groups in total. The normalized spacial score (nSPS) is 11.8. The van der Waals surface area contributed by atoms with Gasteiger partial charge in [-0.3, -0.25) is 0 Å². The molecule has 0 aliphatic heterocycles. The van der Waals surface area contributed by atoms with Crippen LogP contribution in [0.25, 0.3) is 108 Å². The van der Waals surface area contributed by atoms with Crippen molar-refractivity contribution < 1.29 is 4.42 Å². The van der Waals surface area contributed by atoms with Crippen LogP contribution in [0.2, 0.25) is 0 Å². The quantitative estimate of drug-likeness (QED) is 0.155. The molecule has 13 rings (SSSR count). The maximum atomic E-state index is 6.92. The number of nitrogens with zero attached hydrogens (tertiary/aromatic N) is 1. The Morgan fingerprint density at radius 3 is 1.84 bits per heavy atom. The van der Waals surface area contributed by atoms with Gasteiger partial charge >= 0.3 is 0 Å². The molecule has 0 amide bonds. The van der Waals surface area contributed by atoms with Crippen molar-refractivity contribution in [3.8, 4) is 33.4 Å². The van der Waals surface area contributed by atoms with Crippen LogP contribution >= 0.6 is 11.3 Å². The second-order valence-electron chi connectivity index (χ2n) is 16.4. The van der Waals surface area contributed by atoms with Crippen molar-refractivity contribution in [2.24, 2.45) is 0 Å². The molecule has 0 saturated heterocycles. The minimum atomic E-state index is 0.869. The molecule has 0 saturated carbocycles. The Morgan fingerprint density at radius 2 is 0.984 bits per heavy atom. The number of benzene rings is 11. The molecule has 2 aromatic heterocycles. The highest BCUT2D eigenvalue weighted by Crippen LogP contribution is 2.48. The smallest absolute Gasteiger partial charge is 0.145 e. The van der Waals surface area contributed by atoms with Crippen LogP contribution in [0.1, 0.15) is 0 Å². The lowest BCUT2D eigenvalue weighted by molar-refractivity contribution is 0.670. The molecular formula is C60H37NOS. The van der Waals surface area contributed by atoms with Crippen LogP contribution in [0.15, 0.2) is 229 Å². The second-order valence-corrected chi connectivity index (χ2v) is 17.4. The van der Waals surface area contributed by atoms with Gasteiger partial charge in [-0.15, -0.1) is 11.3 Å². The molecule has 3 heteroatoms. The molecule has 63 heavy (non-hydrogen) atoms. The van der Waals surface area contributed by atoms with Gasteiger partial charge in [-0.2, -0.15) is 0 Å². The van der Waals surface area contributed by atoms with E-state index < -0.39 is 0 Å². The van der Waals surface area contributed by atoms with Gasteiger partial charge in [0, 0.05) is 42.5 Å². The summed E-state index contributed by atoms with van der Waals surface area (Å²) >= 11 is 1.88. The van der Waals surface area contributed by atoms with Gasteiger partial charge in [-0.25, -0.2) is 0 Å². The van der Waals surface area contributed by atoms with E-state index in [0.29, 0.717) is 0 Å². The SMILES string of the molecule is c1ccc(-c2cccc3c2sc2cc(-c4ccc(N(c5ccc6ccc7ccccc7c6c5)c5ccc(-c6cccc7ccccc67)c6oc7ccccc7c56)cc4)ccc23)cc1. The number of hydrogen-bond acceptors (Lipinski definition) is 3. The molecular weight excluding hydrogens is 783 g/mol. The van der Waals surface area contributed by atoms with Gasteiger partial charge in [-0.1, -0.05) is 176 Å². The monoisotopic (exact) mass is 819 g/mol. The van der Waals surface area contributed by atoms with Gasteiger partial charge in [-0.05, 0) is 109 Å². The first-order valence-corrected chi connectivity index (χ1v) is 22.3. The van der Waals surface area contributed by atoms with Crippen LogP contribution in [0.3, 0.4) is 0 Å². The van der Waals surface area contributed by atoms with E-state index in [1.807, 2.05) is 11.3 Å². The molecule has 0 aliphatic rings. The van der Waals surface area contributed by atoms with Crippen molar-refractivity contribution in [3.05, 3.63) is 224 Å². The summed E-state index contributed by atoms with van der Waals surface area (Å²) in [6.07, 6.45) is 0. The summed E-state index contributed by atoms with van der Waals surface area (Å²) in [6, 6.07) is 81.6.